The van der Waals surface area contributed by atoms with Crippen molar-refractivity contribution in [1.82, 2.24) is 0 Å². The molecule has 4 rings (SSSR count). The minimum atomic E-state index is -0.633. The smallest absolute Gasteiger partial charge is 0.396 e. The standard InChI is InChI=1S/C21H13FO5S/c1-25-15-4-2-3-13(9-15)17-10-16(11-18-19(17)27-21(24)28-18)26-20(23)12-5-7-14(22)8-6-12/h2-11H,1H3. The third kappa shape index (κ3) is 3.52. The highest BCUT2D eigenvalue weighted by atomic mass is 32.1. The summed E-state index contributed by atoms with van der Waals surface area (Å²) in [6.07, 6.45) is 0. The Bertz CT molecular complexity index is 1220. The third-order valence-electron chi connectivity index (χ3n) is 4.08. The van der Waals surface area contributed by atoms with Crippen LogP contribution in [0.15, 0.2) is 69.9 Å². The predicted octanol–water partition coefficient (Wildman–Crippen LogP) is 4.89. The number of carbonyl (C=O) groups excluding carboxylic acids is 1. The zero-order chi connectivity index (χ0) is 19.7. The number of fused-ring (bicyclic) bond motifs is 1. The lowest BCUT2D eigenvalue weighted by atomic mass is 10.0. The molecule has 7 heteroatoms. The van der Waals surface area contributed by atoms with Gasteiger partial charge in [0.2, 0.25) is 0 Å². The van der Waals surface area contributed by atoms with Gasteiger partial charge in [0.15, 0.2) is 5.58 Å². The average Bonchev–Trinajstić information content (AvgIpc) is 3.08. The van der Waals surface area contributed by atoms with Gasteiger partial charge >= 0.3 is 10.9 Å². The molecule has 0 aliphatic heterocycles. The Morgan fingerprint density at radius 3 is 2.57 bits per heavy atom. The van der Waals surface area contributed by atoms with E-state index in [0.717, 1.165) is 16.9 Å². The fourth-order valence-electron chi connectivity index (χ4n) is 2.77. The molecule has 0 fully saturated rings. The molecule has 0 aliphatic carbocycles. The first-order valence-electron chi connectivity index (χ1n) is 8.23. The number of hydrogen-bond acceptors (Lipinski definition) is 6. The highest BCUT2D eigenvalue weighted by Gasteiger charge is 2.16. The highest BCUT2D eigenvalue weighted by Crippen LogP contribution is 2.35. The zero-order valence-corrected chi connectivity index (χ0v) is 15.4. The SMILES string of the molecule is COc1cccc(-c2cc(OC(=O)c3ccc(F)cc3)cc3sc(=O)oc23)c1. The van der Waals surface area contributed by atoms with Gasteiger partial charge in [-0.25, -0.2) is 14.0 Å². The monoisotopic (exact) mass is 396 g/mol. The van der Waals surface area contributed by atoms with Crippen molar-refractivity contribution in [1.29, 1.82) is 0 Å². The molecule has 0 radical (unpaired) electrons. The Labute approximate surface area is 162 Å². The second-order valence-corrected chi connectivity index (χ2v) is 6.86. The van der Waals surface area contributed by atoms with E-state index in [4.69, 9.17) is 13.9 Å². The molecule has 0 bridgehead atoms. The summed E-state index contributed by atoms with van der Waals surface area (Å²) in [5, 5.41) is 0. The van der Waals surface area contributed by atoms with Crippen LogP contribution >= 0.6 is 11.3 Å². The summed E-state index contributed by atoms with van der Waals surface area (Å²) < 4.78 is 29.6. The van der Waals surface area contributed by atoms with E-state index in [-0.39, 0.29) is 11.3 Å². The molecule has 5 nitrogen and oxygen atoms in total. The summed E-state index contributed by atoms with van der Waals surface area (Å²) in [7, 11) is 1.56. The second-order valence-electron chi connectivity index (χ2n) is 5.88. The van der Waals surface area contributed by atoms with Gasteiger partial charge in [-0.15, -0.1) is 0 Å². The van der Waals surface area contributed by atoms with Crippen LogP contribution in [-0.4, -0.2) is 13.1 Å². The van der Waals surface area contributed by atoms with Crippen molar-refractivity contribution in [2.24, 2.45) is 0 Å². The molecule has 0 saturated heterocycles. The van der Waals surface area contributed by atoms with Gasteiger partial charge in [-0.3, -0.25) is 0 Å². The van der Waals surface area contributed by atoms with Gasteiger partial charge in [-0.1, -0.05) is 23.5 Å². The predicted molar refractivity (Wildman–Crippen MR) is 104 cm³/mol. The van der Waals surface area contributed by atoms with Crippen molar-refractivity contribution >= 4 is 27.6 Å². The molecule has 0 unspecified atom stereocenters. The number of methoxy groups -OCH3 is 1. The van der Waals surface area contributed by atoms with Crippen molar-refractivity contribution in [3.63, 3.8) is 0 Å². The van der Waals surface area contributed by atoms with Crippen molar-refractivity contribution < 1.29 is 23.1 Å². The van der Waals surface area contributed by atoms with Crippen molar-refractivity contribution in [3.05, 3.63) is 81.8 Å². The van der Waals surface area contributed by atoms with E-state index in [1.807, 2.05) is 12.1 Å². The van der Waals surface area contributed by atoms with Crippen LogP contribution in [0.2, 0.25) is 0 Å². The molecule has 0 aliphatic rings. The van der Waals surface area contributed by atoms with Crippen LogP contribution in [0.4, 0.5) is 4.39 Å². The van der Waals surface area contributed by atoms with Gasteiger partial charge in [0.1, 0.15) is 17.3 Å². The molecule has 4 aromatic rings. The van der Waals surface area contributed by atoms with E-state index in [9.17, 15) is 14.0 Å². The number of carbonyl (C=O) groups is 1. The third-order valence-corrected chi connectivity index (χ3v) is 4.85. The summed E-state index contributed by atoms with van der Waals surface area (Å²) in [6.45, 7) is 0. The van der Waals surface area contributed by atoms with E-state index in [0.29, 0.717) is 21.6 Å². The summed E-state index contributed by atoms with van der Waals surface area (Å²) in [6, 6.07) is 15.5. The quantitative estimate of drug-likeness (QED) is 0.363. The summed E-state index contributed by atoms with van der Waals surface area (Å²) >= 11 is 0.916. The van der Waals surface area contributed by atoms with Crippen LogP contribution in [0.25, 0.3) is 21.4 Å². The minimum Gasteiger partial charge on any atom is -0.497 e. The molecule has 28 heavy (non-hydrogen) atoms. The van der Waals surface area contributed by atoms with Gasteiger partial charge < -0.3 is 13.9 Å². The highest BCUT2D eigenvalue weighted by molar-refractivity contribution is 7.16. The van der Waals surface area contributed by atoms with Gasteiger partial charge in [0, 0.05) is 11.6 Å². The van der Waals surface area contributed by atoms with Gasteiger partial charge in [0.05, 0.1) is 17.4 Å². The molecule has 0 saturated carbocycles. The van der Waals surface area contributed by atoms with Crippen molar-refractivity contribution in [3.8, 4) is 22.6 Å². The molecule has 0 N–H and O–H groups in total. The number of benzene rings is 3. The molecule has 3 aromatic carbocycles. The van der Waals surface area contributed by atoms with E-state index in [1.54, 1.807) is 31.4 Å². The average molecular weight is 396 g/mol. The number of ether oxygens (including phenoxy) is 2. The topological polar surface area (TPSA) is 65.7 Å². The summed E-state index contributed by atoms with van der Waals surface area (Å²) in [4.78, 5) is 23.7. The number of esters is 1. The maximum atomic E-state index is 13.1. The van der Waals surface area contributed by atoms with Crippen LogP contribution in [0.5, 0.6) is 11.5 Å². The van der Waals surface area contributed by atoms with E-state index in [2.05, 4.69) is 0 Å². The van der Waals surface area contributed by atoms with Crippen LogP contribution < -0.4 is 14.4 Å². The number of hydrogen-bond donors (Lipinski definition) is 0. The van der Waals surface area contributed by atoms with Crippen LogP contribution in [-0.2, 0) is 0 Å². The molecule has 0 amide bonds. The molecule has 1 aromatic heterocycles. The number of rotatable bonds is 4. The lowest BCUT2D eigenvalue weighted by molar-refractivity contribution is 0.0735. The maximum absolute atomic E-state index is 13.1. The zero-order valence-electron chi connectivity index (χ0n) is 14.6. The van der Waals surface area contributed by atoms with Gasteiger partial charge in [-0.05, 0) is 48.0 Å². The second kappa shape index (κ2) is 7.28. The summed E-state index contributed by atoms with van der Waals surface area (Å²) in [5.74, 6) is -0.193. The Balaban J connectivity index is 1.78. The Morgan fingerprint density at radius 1 is 1.04 bits per heavy atom. The first-order chi connectivity index (χ1) is 13.5. The largest absolute Gasteiger partial charge is 0.497 e. The molecule has 0 spiro atoms. The lowest BCUT2D eigenvalue weighted by Crippen LogP contribution is -2.08. The minimum absolute atomic E-state index is 0.213. The molecular weight excluding hydrogens is 383 g/mol. The van der Waals surface area contributed by atoms with Gasteiger partial charge in [-0.2, -0.15) is 0 Å². The Hall–Kier alpha value is -3.45. The fourth-order valence-corrected chi connectivity index (χ4v) is 3.49. The molecule has 1 heterocycles. The first-order valence-corrected chi connectivity index (χ1v) is 9.05. The maximum Gasteiger partial charge on any atom is 0.396 e. The lowest BCUT2D eigenvalue weighted by Gasteiger charge is -2.09. The first kappa shape index (κ1) is 17.9. The Morgan fingerprint density at radius 2 is 1.82 bits per heavy atom. The summed E-state index contributed by atoms with van der Waals surface area (Å²) in [5.41, 5.74) is 1.96. The Kier molecular flexibility index (Phi) is 4.67. The molecular formula is C21H13FO5S. The number of halogens is 1. The normalized spacial score (nSPS) is 10.8. The van der Waals surface area contributed by atoms with Crippen LogP contribution in [0, 0.1) is 5.82 Å². The fraction of sp³-hybridized carbons (Fsp3) is 0.0476. The van der Waals surface area contributed by atoms with E-state index in [1.165, 1.54) is 24.3 Å². The van der Waals surface area contributed by atoms with Crippen molar-refractivity contribution in [2.45, 2.75) is 0 Å². The van der Waals surface area contributed by atoms with Crippen molar-refractivity contribution in [2.75, 3.05) is 7.11 Å². The van der Waals surface area contributed by atoms with E-state index < -0.39 is 16.7 Å². The molecule has 140 valence electrons. The van der Waals surface area contributed by atoms with Gasteiger partial charge in [0.25, 0.3) is 0 Å². The molecule has 0 atom stereocenters. The van der Waals surface area contributed by atoms with E-state index >= 15 is 0 Å². The van der Waals surface area contributed by atoms with Crippen LogP contribution in [0.1, 0.15) is 10.4 Å². The van der Waals surface area contributed by atoms with Crippen LogP contribution in [0.3, 0.4) is 0 Å².